The number of rotatable bonds is 5. The van der Waals surface area contributed by atoms with Gasteiger partial charge < -0.3 is 9.84 Å². The molecule has 0 unspecified atom stereocenters. The fourth-order valence-corrected chi connectivity index (χ4v) is 2.59. The first-order valence-corrected chi connectivity index (χ1v) is 7.65. The van der Waals surface area contributed by atoms with Crippen molar-refractivity contribution in [3.63, 3.8) is 0 Å². The second-order valence-corrected chi connectivity index (χ2v) is 5.63. The van der Waals surface area contributed by atoms with E-state index in [1.54, 1.807) is 13.0 Å². The van der Waals surface area contributed by atoms with E-state index < -0.39 is 5.54 Å². The summed E-state index contributed by atoms with van der Waals surface area (Å²) >= 11 is 5.95. The molecule has 0 bridgehead atoms. The van der Waals surface area contributed by atoms with E-state index in [2.05, 4.69) is 15.8 Å². The number of anilines is 1. The molecule has 0 aliphatic carbocycles. The number of benzene rings is 1. The minimum atomic E-state index is -0.451. The molecule has 0 aliphatic heterocycles. The van der Waals surface area contributed by atoms with E-state index in [1.165, 1.54) is 0 Å². The quantitative estimate of drug-likeness (QED) is 0.853. The Morgan fingerprint density at radius 1 is 1.27 bits per heavy atom. The Labute approximate surface area is 135 Å². The Morgan fingerprint density at radius 2 is 1.91 bits per heavy atom. The van der Waals surface area contributed by atoms with Crippen molar-refractivity contribution in [1.82, 2.24) is 10.5 Å². The van der Waals surface area contributed by atoms with Crippen LogP contribution in [0.2, 0.25) is 5.02 Å². The minimum Gasteiger partial charge on any atom is -0.360 e. The van der Waals surface area contributed by atoms with Crippen molar-refractivity contribution in [3.8, 4) is 0 Å². The molecule has 2 aromatic rings. The zero-order chi connectivity index (χ0) is 16.2. The lowest BCUT2D eigenvalue weighted by atomic mass is 9.85. The van der Waals surface area contributed by atoms with Crippen LogP contribution in [0.3, 0.4) is 0 Å². The molecule has 5 nitrogen and oxygen atoms in total. The molecule has 0 atom stereocenters. The monoisotopic (exact) mass is 321 g/mol. The number of nitrogens with one attached hydrogen (secondary N) is 2. The molecule has 2 amide bonds. The molecule has 118 valence electrons. The first-order chi connectivity index (χ1) is 10.5. The van der Waals surface area contributed by atoms with Crippen molar-refractivity contribution in [3.05, 3.63) is 46.7 Å². The second-order valence-electron chi connectivity index (χ2n) is 5.20. The van der Waals surface area contributed by atoms with E-state index in [4.69, 9.17) is 16.1 Å². The van der Waals surface area contributed by atoms with Gasteiger partial charge in [0.1, 0.15) is 5.76 Å². The van der Waals surface area contributed by atoms with Crippen LogP contribution in [-0.2, 0) is 5.54 Å². The van der Waals surface area contributed by atoms with Crippen LogP contribution in [0.25, 0.3) is 0 Å². The summed E-state index contributed by atoms with van der Waals surface area (Å²) in [5.74, 6) is 1.04. The van der Waals surface area contributed by atoms with Crippen molar-refractivity contribution >= 4 is 23.4 Å². The molecule has 0 saturated heterocycles. The van der Waals surface area contributed by atoms with Crippen LogP contribution in [0.5, 0.6) is 0 Å². The van der Waals surface area contributed by atoms with Crippen LogP contribution >= 0.6 is 11.6 Å². The molecular weight excluding hydrogens is 302 g/mol. The highest BCUT2D eigenvalue weighted by atomic mass is 35.5. The molecule has 2 rings (SSSR count). The van der Waals surface area contributed by atoms with Gasteiger partial charge in [0.05, 0.1) is 5.54 Å². The lowest BCUT2D eigenvalue weighted by Gasteiger charge is -2.33. The number of nitrogens with zero attached hydrogens (tertiary/aromatic N) is 1. The van der Waals surface area contributed by atoms with Crippen molar-refractivity contribution < 1.29 is 9.32 Å². The summed E-state index contributed by atoms with van der Waals surface area (Å²) in [6.07, 6.45) is 1.52. The molecule has 1 aromatic carbocycles. The average molecular weight is 322 g/mol. The van der Waals surface area contributed by atoms with Gasteiger partial charge in [-0.2, -0.15) is 0 Å². The van der Waals surface area contributed by atoms with Crippen LogP contribution in [0.15, 0.2) is 34.9 Å². The molecule has 1 heterocycles. The maximum Gasteiger partial charge on any atom is 0.321 e. The predicted octanol–water partition coefficient (Wildman–Crippen LogP) is 4.47. The Morgan fingerprint density at radius 3 is 2.41 bits per heavy atom. The normalized spacial score (nSPS) is 11.3. The van der Waals surface area contributed by atoms with Crippen molar-refractivity contribution in [1.29, 1.82) is 0 Å². The Balaban J connectivity index is 2.16. The predicted molar refractivity (Wildman–Crippen MR) is 87.1 cm³/mol. The van der Waals surface area contributed by atoms with E-state index in [9.17, 15) is 4.79 Å². The number of aryl methyl sites for hydroxylation is 1. The van der Waals surface area contributed by atoms with E-state index in [0.29, 0.717) is 16.6 Å². The Bertz CT molecular complexity index is 633. The molecular formula is C16H20ClN3O2. The third-order valence-electron chi connectivity index (χ3n) is 3.83. The average Bonchev–Trinajstić information content (AvgIpc) is 2.91. The first-order valence-electron chi connectivity index (χ1n) is 7.27. The standard InChI is InChI=1S/C16H20ClN3O2/c1-4-16(5-2,12-6-8-13(17)9-7-12)19-15(21)18-14-10-11(3)22-20-14/h6-10H,4-5H2,1-3H3,(H2,18,19,20,21). The van der Waals surface area contributed by atoms with E-state index in [1.807, 2.05) is 38.1 Å². The summed E-state index contributed by atoms with van der Waals surface area (Å²) in [6, 6.07) is 8.90. The number of amides is 2. The number of halogens is 1. The highest BCUT2D eigenvalue weighted by Gasteiger charge is 2.30. The molecule has 22 heavy (non-hydrogen) atoms. The van der Waals surface area contributed by atoms with Gasteiger partial charge in [0, 0.05) is 11.1 Å². The third-order valence-corrected chi connectivity index (χ3v) is 4.08. The van der Waals surface area contributed by atoms with E-state index in [0.717, 1.165) is 18.4 Å². The Kier molecular flexibility index (Phi) is 5.08. The van der Waals surface area contributed by atoms with E-state index >= 15 is 0 Å². The van der Waals surface area contributed by atoms with Crippen LogP contribution < -0.4 is 10.6 Å². The number of carbonyl (C=O) groups excluding carboxylic acids is 1. The number of aromatic nitrogens is 1. The van der Waals surface area contributed by atoms with Crippen LogP contribution in [-0.4, -0.2) is 11.2 Å². The fraction of sp³-hybridized carbons (Fsp3) is 0.375. The van der Waals surface area contributed by atoms with Gasteiger partial charge in [-0.25, -0.2) is 4.79 Å². The molecule has 0 radical (unpaired) electrons. The zero-order valence-corrected chi connectivity index (χ0v) is 13.7. The van der Waals surface area contributed by atoms with Gasteiger partial charge in [-0.05, 0) is 37.5 Å². The topological polar surface area (TPSA) is 67.2 Å². The van der Waals surface area contributed by atoms with Crippen molar-refractivity contribution in [2.75, 3.05) is 5.32 Å². The van der Waals surface area contributed by atoms with E-state index in [-0.39, 0.29) is 6.03 Å². The van der Waals surface area contributed by atoms with Gasteiger partial charge in [-0.1, -0.05) is 42.7 Å². The van der Waals surface area contributed by atoms with Crippen molar-refractivity contribution in [2.45, 2.75) is 39.2 Å². The zero-order valence-electron chi connectivity index (χ0n) is 12.9. The SMILES string of the molecule is CCC(CC)(NC(=O)Nc1cc(C)on1)c1ccc(Cl)cc1. The molecule has 0 fully saturated rings. The largest absolute Gasteiger partial charge is 0.360 e. The maximum absolute atomic E-state index is 12.3. The van der Waals surface area contributed by atoms with Crippen molar-refractivity contribution in [2.24, 2.45) is 0 Å². The summed E-state index contributed by atoms with van der Waals surface area (Å²) in [6.45, 7) is 5.85. The van der Waals surface area contributed by atoms with Gasteiger partial charge >= 0.3 is 6.03 Å². The summed E-state index contributed by atoms with van der Waals surface area (Å²) in [4.78, 5) is 12.3. The summed E-state index contributed by atoms with van der Waals surface area (Å²) in [5.41, 5.74) is 0.571. The summed E-state index contributed by atoms with van der Waals surface area (Å²) < 4.78 is 4.94. The molecule has 0 spiro atoms. The molecule has 6 heteroatoms. The lowest BCUT2D eigenvalue weighted by molar-refractivity contribution is 0.231. The lowest BCUT2D eigenvalue weighted by Crippen LogP contribution is -2.47. The number of carbonyl (C=O) groups is 1. The van der Waals surface area contributed by atoms with Gasteiger partial charge in [0.2, 0.25) is 0 Å². The number of urea groups is 1. The summed E-state index contributed by atoms with van der Waals surface area (Å²) in [7, 11) is 0. The van der Waals surface area contributed by atoms with Gasteiger partial charge in [0.25, 0.3) is 0 Å². The van der Waals surface area contributed by atoms with Crippen LogP contribution in [0.1, 0.15) is 38.0 Å². The van der Waals surface area contributed by atoms with Gasteiger partial charge in [-0.3, -0.25) is 5.32 Å². The number of hydrogen-bond acceptors (Lipinski definition) is 3. The third kappa shape index (κ3) is 3.60. The highest BCUT2D eigenvalue weighted by Crippen LogP contribution is 2.29. The Hall–Kier alpha value is -2.01. The minimum absolute atomic E-state index is 0.313. The first kappa shape index (κ1) is 16.4. The van der Waals surface area contributed by atoms with Gasteiger partial charge in [0.15, 0.2) is 5.82 Å². The molecule has 0 aliphatic rings. The maximum atomic E-state index is 12.3. The fourth-order valence-electron chi connectivity index (χ4n) is 2.47. The summed E-state index contributed by atoms with van der Waals surface area (Å²) in [5, 5.41) is 10.2. The highest BCUT2D eigenvalue weighted by molar-refractivity contribution is 6.30. The van der Waals surface area contributed by atoms with Crippen LogP contribution in [0.4, 0.5) is 10.6 Å². The smallest absolute Gasteiger partial charge is 0.321 e. The molecule has 2 N–H and O–H groups in total. The van der Waals surface area contributed by atoms with Crippen LogP contribution in [0, 0.1) is 6.92 Å². The van der Waals surface area contributed by atoms with Gasteiger partial charge in [-0.15, -0.1) is 0 Å². The molecule has 1 aromatic heterocycles. The second kappa shape index (κ2) is 6.83. The molecule has 0 saturated carbocycles. The number of hydrogen-bond donors (Lipinski definition) is 2.